The molecule has 4 rings (SSSR count). The molecule has 4 aromatic rings. The van der Waals surface area contributed by atoms with Crippen molar-refractivity contribution in [2.75, 3.05) is 0 Å². The lowest BCUT2D eigenvalue weighted by atomic mass is 10.0. The zero-order valence-electron chi connectivity index (χ0n) is 19.4. The quantitative estimate of drug-likeness (QED) is 0.311. The van der Waals surface area contributed by atoms with Crippen molar-refractivity contribution in [1.29, 1.82) is 0 Å². The number of nitrogens with zero attached hydrogens (tertiary/aromatic N) is 2. The summed E-state index contributed by atoms with van der Waals surface area (Å²) in [7, 11) is 0. The molecule has 2 N–H and O–H groups in total. The molecule has 0 spiro atoms. The Bertz CT molecular complexity index is 1480. The van der Waals surface area contributed by atoms with E-state index in [2.05, 4.69) is 15.5 Å². The van der Waals surface area contributed by atoms with Crippen LogP contribution in [-0.2, 0) is 17.6 Å². The van der Waals surface area contributed by atoms with Crippen LogP contribution in [0.1, 0.15) is 35.6 Å². The minimum atomic E-state index is -4.47. The Morgan fingerprint density at radius 1 is 1.08 bits per heavy atom. The first-order valence-electron chi connectivity index (χ1n) is 10.8. The molecule has 0 aliphatic carbocycles. The molecule has 3 aromatic carbocycles. The van der Waals surface area contributed by atoms with Gasteiger partial charge in [-0.1, -0.05) is 41.0 Å². The monoisotopic (exact) mass is 533 g/mol. The van der Waals surface area contributed by atoms with Gasteiger partial charge in [-0.2, -0.15) is 18.2 Å². The second kappa shape index (κ2) is 9.74. The molecule has 0 atom stereocenters. The number of carboxylic acids is 1. The standard InChI is InChI=1S/C25H19ClF3N3O5/c1-24(2,23(34)35)31-21(33)17-11-18(26)15-5-3-4-6-16(15)20(17)36-12-19-30-22(37-32-19)13-7-9-14(10-8-13)25(27,28)29/h3-11H,12H2,1-2H3,(H,31,33)(H,34,35). The first kappa shape index (κ1) is 26.0. The summed E-state index contributed by atoms with van der Waals surface area (Å²) in [6.07, 6.45) is -4.47. The van der Waals surface area contributed by atoms with Crippen LogP contribution in [0.4, 0.5) is 13.2 Å². The van der Waals surface area contributed by atoms with Crippen molar-refractivity contribution in [3.63, 3.8) is 0 Å². The van der Waals surface area contributed by atoms with Gasteiger partial charge >= 0.3 is 12.1 Å². The van der Waals surface area contributed by atoms with Crippen LogP contribution in [0.25, 0.3) is 22.2 Å². The third kappa shape index (κ3) is 5.51. The highest BCUT2D eigenvalue weighted by Crippen LogP contribution is 2.36. The van der Waals surface area contributed by atoms with Crippen molar-refractivity contribution in [3.8, 4) is 17.2 Å². The second-order valence-electron chi connectivity index (χ2n) is 8.54. The fourth-order valence-corrected chi connectivity index (χ4v) is 3.68. The molecule has 0 aliphatic rings. The summed E-state index contributed by atoms with van der Waals surface area (Å²) in [6, 6.07) is 12.5. The number of alkyl halides is 3. The van der Waals surface area contributed by atoms with E-state index < -0.39 is 29.2 Å². The summed E-state index contributed by atoms with van der Waals surface area (Å²) in [5, 5.41) is 16.9. The molecule has 8 nitrogen and oxygen atoms in total. The maximum Gasteiger partial charge on any atom is 0.416 e. The first-order chi connectivity index (χ1) is 17.4. The Kier molecular flexibility index (Phi) is 6.83. The fourth-order valence-electron chi connectivity index (χ4n) is 3.40. The van der Waals surface area contributed by atoms with Crippen molar-refractivity contribution in [2.45, 2.75) is 32.2 Å². The van der Waals surface area contributed by atoms with Crippen LogP contribution in [0.5, 0.6) is 5.75 Å². The summed E-state index contributed by atoms with van der Waals surface area (Å²) in [5.41, 5.74) is -2.12. The van der Waals surface area contributed by atoms with E-state index in [4.69, 9.17) is 20.9 Å². The zero-order chi connectivity index (χ0) is 27.0. The third-order valence-corrected chi connectivity index (χ3v) is 5.74. The van der Waals surface area contributed by atoms with E-state index in [9.17, 15) is 27.9 Å². The van der Waals surface area contributed by atoms with E-state index in [1.165, 1.54) is 32.0 Å². The number of carbonyl (C=O) groups excluding carboxylic acids is 1. The van der Waals surface area contributed by atoms with Gasteiger partial charge in [-0.3, -0.25) is 4.79 Å². The van der Waals surface area contributed by atoms with Gasteiger partial charge in [0.2, 0.25) is 5.82 Å². The molecule has 37 heavy (non-hydrogen) atoms. The van der Waals surface area contributed by atoms with Crippen molar-refractivity contribution in [3.05, 3.63) is 76.6 Å². The summed E-state index contributed by atoms with van der Waals surface area (Å²) in [4.78, 5) is 28.7. The lowest BCUT2D eigenvalue weighted by Crippen LogP contribution is -2.49. The average Bonchev–Trinajstić information content (AvgIpc) is 3.31. The van der Waals surface area contributed by atoms with Gasteiger partial charge in [-0.05, 0) is 44.2 Å². The van der Waals surface area contributed by atoms with Crippen LogP contribution in [0.3, 0.4) is 0 Å². The number of benzene rings is 3. The number of fused-ring (bicyclic) bond motifs is 1. The molecule has 0 saturated carbocycles. The fraction of sp³-hybridized carbons (Fsp3) is 0.200. The van der Waals surface area contributed by atoms with E-state index in [1.54, 1.807) is 24.3 Å². The van der Waals surface area contributed by atoms with Crippen molar-refractivity contribution >= 4 is 34.2 Å². The van der Waals surface area contributed by atoms with Gasteiger partial charge in [0.15, 0.2) is 6.61 Å². The minimum Gasteiger partial charge on any atom is -0.484 e. The number of aromatic nitrogens is 2. The van der Waals surface area contributed by atoms with E-state index in [-0.39, 0.29) is 40.2 Å². The predicted octanol–water partition coefficient (Wildman–Crippen LogP) is 5.73. The normalized spacial score (nSPS) is 11.9. The van der Waals surface area contributed by atoms with Crippen molar-refractivity contribution in [1.82, 2.24) is 15.5 Å². The lowest BCUT2D eigenvalue weighted by molar-refractivity contribution is -0.143. The van der Waals surface area contributed by atoms with Crippen molar-refractivity contribution in [2.24, 2.45) is 0 Å². The molecule has 0 unspecified atom stereocenters. The van der Waals surface area contributed by atoms with Crippen LogP contribution in [0.15, 0.2) is 59.1 Å². The minimum absolute atomic E-state index is 0.00974. The van der Waals surface area contributed by atoms with E-state index >= 15 is 0 Å². The zero-order valence-corrected chi connectivity index (χ0v) is 20.1. The van der Waals surface area contributed by atoms with Crippen LogP contribution < -0.4 is 10.1 Å². The molecule has 0 bridgehead atoms. The van der Waals surface area contributed by atoms with Gasteiger partial charge in [0.1, 0.15) is 11.3 Å². The molecule has 0 saturated heterocycles. The Morgan fingerprint density at radius 2 is 1.73 bits per heavy atom. The number of rotatable bonds is 7. The molecule has 12 heteroatoms. The number of carboxylic acid groups (broad SMARTS) is 1. The van der Waals surface area contributed by atoms with E-state index in [1.807, 2.05) is 0 Å². The highest BCUT2D eigenvalue weighted by Gasteiger charge is 2.32. The summed E-state index contributed by atoms with van der Waals surface area (Å²) in [5.74, 6) is -1.81. The Labute approximate surface area is 213 Å². The molecule has 192 valence electrons. The highest BCUT2D eigenvalue weighted by atomic mass is 35.5. The van der Waals surface area contributed by atoms with Crippen LogP contribution in [0, 0.1) is 0 Å². The lowest BCUT2D eigenvalue weighted by Gasteiger charge is -2.22. The van der Waals surface area contributed by atoms with Crippen LogP contribution in [0.2, 0.25) is 5.02 Å². The Balaban J connectivity index is 1.63. The highest BCUT2D eigenvalue weighted by molar-refractivity contribution is 6.36. The summed E-state index contributed by atoms with van der Waals surface area (Å²) < 4.78 is 49.5. The molecular weight excluding hydrogens is 515 g/mol. The van der Waals surface area contributed by atoms with Gasteiger partial charge in [0, 0.05) is 21.4 Å². The third-order valence-electron chi connectivity index (χ3n) is 5.42. The van der Waals surface area contributed by atoms with Gasteiger partial charge in [-0.25, -0.2) is 4.79 Å². The number of nitrogens with one attached hydrogen (secondary N) is 1. The van der Waals surface area contributed by atoms with Gasteiger partial charge < -0.3 is 19.7 Å². The molecule has 1 heterocycles. The van der Waals surface area contributed by atoms with Crippen LogP contribution >= 0.6 is 11.6 Å². The number of halogens is 4. The second-order valence-corrected chi connectivity index (χ2v) is 8.95. The smallest absolute Gasteiger partial charge is 0.416 e. The average molecular weight is 534 g/mol. The number of hydrogen-bond acceptors (Lipinski definition) is 6. The Morgan fingerprint density at radius 3 is 2.35 bits per heavy atom. The topological polar surface area (TPSA) is 115 Å². The van der Waals surface area contributed by atoms with E-state index in [0.717, 1.165) is 12.1 Å². The molecule has 1 aromatic heterocycles. The molecule has 0 radical (unpaired) electrons. The molecule has 0 aliphatic heterocycles. The SMILES string of the molecule is CC(C)(NC(=O)c1cc(Cl)c2ccccc2c1OCc1noc(-c2ccc(C(F)(F)F)cc2)n1)C(=O)O. The molecule has 0 fully saturated rings. The van der Waals surface area contributed by atoms with Crippen molar-refractivity contribution < 1.29 is 37.1 Å². The number of aliphatic carboxylic acids is 1. The first-order valence-corrected chi connectivity index (χ1v) is 11.1. The number of hydrogen-bond donors (Lipinski definition) is 2. The van der Waals surface area contributed by atoms with Gasteiger partial charge in [0.05, 0.1) is 11.1 Å². The number of ether oxygens (including phenoxy) is 1. The van der Waals surface area contributed by atoms with Gasteiger partial charge in [0.25, 0.3) is 11.8 Å². The van der Waals surface area contributed by atoms with E-state index in [0.29, 0.717) is 10.8 Å². The molecule has 1 amide bonds. The maximum atomic E-state index is 13.0. The van der Waals surface area contributed by atoms with Crippen LogP contribution in [-0.4, -0.2) is 32.7 Å². The van der Waals surface area contributed by atoms with Gasteiger partial charge in [-0.15, -0.1) is 0 Å². The summed E-state index contributed by atoms with van der Waals surface area (Å²) >= 11 is 6.38. The molecular formula is C25H19ClF3N3O5. The number of amides is 1. The maximum absolute atomic E-state index is 13.0. The summed E-state index contributed by atoms with van der Waals surface area (Å²) in [6.45, 7) is 2.40. The Hall–Kier alpha value is -4.12. The number of carbonyl (C=O) groups is 2. The largest absolute Gasteiger partial charge is 0.484 e. The predicted molar refractivity (Wildman–Crippen MR) is 127 cm³/mol.